The molecule has 1 atom stereocenters. The molecule has 128 valence electrons. The largest absolute Gasteiger partial charge is 0.342 e. The van der Waals surface area contributed by atoms with E-state index in [4.69, 9.17) is 4.98 Å². The van der Waals surface area contributed by atoms with Gasteiger partial charge in [-0.3, -0.25) is 9.36 Å². The Morgan fingerprint density at radius 1 is 1.04 bits per heavy atom. The van der Waals surface area contributed by atoms with Gasteiger partial charge in [0.25, 0.3) is 0 Å². The number of hydrogen-bond acceptors (Lipinski definition) is 3. The summed E-state index contributed by atoms with van der Waals surface area (Å²) in [7, 11) is 0. The number of thioether (sulfide) groups is 1. The second-order valence-electron chi connectivity index (χ2n) is 6.35. The molecule has 0 spiro atoms. The van der Waals surface area contributed by atoms with Gasteiger partial charge in [-0.05, 0) is 44.0 Å². The van der Waals surface area contributed by atoms with Crippen LogP contribution < -0.4 is 0 Å². The van der Waals surface area contributed by atoms with E-state index in [2.05, 4.69) is 22.8 Å². The van der Waals surface area contributed by atoms with Crippen molar-refractivity contribution < 1.29 is 4.79 Å². The maximum atomic E-state index is 12.7. The third kappa shape index (κ3) is 3.16. The molecule has 0 aliphatic carbocycles. The van der Waals surface area contributed by atoms with E-state index >= 15 is 0 Å². The minimum atomic E-state index is -0.141. The highest BCUT2D eigenvalue weighted by molar-refractivity contribution is 8.00. The summed E-state index contributed by atoms with van der Waals surface area (Å²) in [4.78, 5) is 19.5. The highest BCUT2D eigenvalue weighted by Gasteiger charge is 2.26. The number of amides is 1. The highest BCUT2D eigenvalue weighted by atomic mass is 32.2. The topological polar surface area (TPSA) is 38.1 Å². The molecule has 2 heterocycles. The number of hydrogen-bond donors (Lipinski definition) is 0. The van der Waals surface area contributed by atoms with Gasteiger partial charge in [0.2, 0.25) is 5.91 Å². The molecule has 1 unspecified atom stereocenters. The third-order valence-corrected chi connectivity index (χ3v) is 5.63. The Bertz CT molecular complexity index is 884. The van der Waals surface area contributed by atoms with E-state index < -0.39 is 0 Å². The molecular formula is C20H21N3OS. The van der Waals surface area contributed by atoms with Gasteiger partial charge in [0, 0.05) is 18.8 Å². The maximum absolute atomic E-state index is 12.7. The molecule has 5 heteroatoms. The van der Waals surface area contributed by atoms with Crippen LogP contribution in [0.4, 0.5) is 0 Å². The zero-order valence-corrected chi connectivity index (χ0v) is 15.1. The molecule has 0 bridgehead atoms. The fourth-order valence-corrected chi connectivity index (χ4v) is 4.34. The number of benzene rings is 2. The van der Waals surface area contributed by atoms with Crippen molar-refractivity contribution in [2.24, 2.45) is 0 Å². The summed E-state index contributed by atoms with van der Waals surface area (Å²) in [6.07, 6.45) is 2.23. The molecule has 4 nitrogen and oxygen atoms in total. The number of nitrogens with zero attached hydrogens (tertiary/aromatic N) is 3. The van der Waals surface area contributed by atoms with Crippen molar-refractivity contribution >= 4 is 28.7 Å². The lowest BCUT2D eigenvalue weighted by Gasteiger charge is -2.20. The first-order chi connectivity index (χ1) is 12.2. The van der Waals surface area contributed by atoms with Crippen molar-refractivity contribution in [3.05, 3.63) is 54.6 Å². The standard InChI is InChI=1S/C20H21N3OS/c1-15(19(24)22-13-7-8-14-22)25-20-21-17-11-5-6-12-18(17)23(20)16-9-3-2-4-10-16/h2-6,9-12,15H,7-8,13-14H2,1H3. The predicted molar refractivity (Wildman–Crippen MR) is 102 cm³/mol. The molecular weight excluding hydrogens is 330 g/mol. The van der Waals surface area contributed by atoms with E-state index in [1.807, 2.05) is 48.2 Å². The van der Waals surface area contributed by atoms with Gasteiger partial charge in [-0.25, -0.2) is 4.98 Å². The Morgan fingerprint density at radius 3 is 2.48 bits per heavy atom. The average molecular weight is 351 g/mol. The summed E-state index contributed by atoms with van der Waals surface area (Å²) in [6.45, 7) is 3.76. The molecule has 1 saturated heterocycles. The van der Waals surface area contributed by atoms with Crippen LogP contribution in [0.1, 0.15) is 19.8 Å². The van der Waals surface area contributed by atoms with Crippen molar-refractivity contribution in [1.29, 1.82) is 0 Å². The van der Waals surface area contributed by atoms with Gasteiger partial charge in [0.1, 0.15) is 0 Å². The number of imidazole rings is 1. The SMILES string of the molecule is CC(Sc1nc2ccccc2n1-c1ccccc1)C(=O)N1CCCC1. The van der Waals surface area contributed by atoms with E-state index in [1.54, 1.807) is 11.8 Å². The van der Waals surface area contributed by atoms with E-state index in [9.17, 15) is 4.79 Å². The molecule has 1 amide bonds. The molecule has 1 aliphatic rings. The van der Waals surface area contributed by atoms with Gasteiger partial charge in [-0.1, -0.05) is 42.1 Å². The summed E-state index contributed by atoms with van der Waals surface area (Å²) in [5, 5.41) is 0.727. The molecule has 1 aromatic heterocycles. The number of para-hydroxylation sites is 3. The second-order valence-corrected chi connectivity index (χ2v) is 7.65. The van der Waals surface area contributed by atoms with Crippen LogP contribution in [-0.2, 0) is 4.79 Å². The number of carbonyl (C=O) groups excluding carboxylic acids is 1. The number of likely N-dealkylation sites (tertiary alicyclic amines) is 1. The number of aromatic nitrogens is 2. The molecule has 0 radical (unpaired) electrons. The minimum Gasteiger partial charge on any atom is -0.342 e. The number of rotatable bonds is 4. The van der Waals surface area contributed by atoms with Crippen LogP contribution in [0.5, 0.6) is 0 Å². The van der Waals surface area contributed by atoms with E-state index in [0.29, 0.717) is 0 Å². The zero-order chi connectivity index (χ0) is 17.2. The fourth-order valence-electron chi connectivity index (χ4n) is 3.31. The fraction of sp³-hybridized carbons (Fsp3) is 0.300. The molecule has 0 saturated carbocycles. The predicted octanol–water partition coefficient (Wildman–Crippen LogP) is 4.13. The molecule has 1 fully saturated rings. The molecule has 2 aromatic carbocycles. The van der Waals surface area contributed by atoms with Crippen LogP contribution in [-0.4, -0.2) is 38.7 Å². The average Bonchev–Trinajstić information content (AvgIpc) is 3.29. The first-order valence-corrected chi connectivity index (χ1v) is 9.60. The number of carbonyl (C=O) groups is 1. The van der Waals surface area contributed by atoms with Crippen LogP contribution in [0.3, 0.4) is 0 Å². The zero-order valence-electron chi connectivity index (χ0n) is 14.3. The Balaban J connectivity index is 1.70. The molecule has 3 aromatic rings. The Kier molecular flexibility index (Phi) is 4.49. The number of fused-ring (bicyclic) bond motifs is 1. The Labute approximate surface area is 151 Å². The van der Waals surface area contributed by atoms with E-state index in [0.717, 1.165) is 47.8 Å². The van der Waals surface area contributed by atoms with Crippen LogP contribution in [0, 0.1) is 0 Å². The van der Waals surface area contributed by atoms with Crippen molar-refractivity contribution in [1.82, 2.24) is 14.5 Å². The first-order valence-electron chi connectivity index (χ1n) is 8.72. The van der Waals surface area contributed by atoms with E-state index in [-0.39, 0.29) is 11.2 Å². The molecule has 1 aliphatic heterocycles. The van der Waals surface area contributed by atoms with Crippen LogP contribution in [0.15, 0.2) is 59.8 Å². The quantitative estimate of drug-likeness (QED) is 0.664. The first kappa shape index (κ1) is 16.2. The van der Waals surface area contributed by atoms with Gasteiger partial charge in [0.05, 0.1) is 16.3 Å². The summed E-state index contributed by atoms with van der Waals surface area (Å²) >= 11 is 1.55. The normalized spacial score (nSPS) is 15.6. The monoisotopic (exact) mass is 351 g/mol. The highest BCUT2D eigenvalue weighted by Crippen LogP contribution is 2.31. The van der Waals surface area contributed by atoms with Crippen LogP contribution >= 0.6 is 11.8 Å². The van der Waals surface area contributed by atoms with Crippen LogP contribution in [0.2, 0.25) is 0 Å². The summed E-state index contributed by atoms with van der Waals surface area (Å²) in [6, 6.07) is 18.3. The van der Waals surface area contributed by atoms with E-state index in [1.165, 1.54) is 0 Å². The van der Waals surface area contributed by atoms with Gasteiger partial charge >= 0.3 is 0 Å². The summed E-state index contributed by atoms with van der Waals surface area (Å²) in [5.41, 5.74) is 3.09. The van der Waals surface area contributed by atoms with Gasteiger partial charge in [-0.2, -0.15) is 0 Å². The second kappa shape index (κ2) is 6.92. The Morgan fingerprint density at radius 2 is 1.72 bits per heavy atom. The molecule has 0 N–H and O–H groups in total. The lowest BCUT2D eigenvalue weighted by atomic mass is 10.3. The van der Waals surface area contributed by atoms with Crippen molar-refractivity contribution in [3.63, 3.8) is 0 Å². The molecule has 4 rings (SSSR count). The maximum Gasteiger partial charge on any atom is 0.235 e. The molecule has 25 heavy (non-hydrogen) atoms. The Hall–Kier alpha value is -2.27. The van der Waals surface area contributed by atoms with Gasteiger partial charge < -0.3 is 4.90 Å². The summed E-state index contributed by atoms with van der Waals surface area (Å²) in [5.74, 6) is 0.217. The van der Waals surface area contributed by atoms with Gasteiger partial charge in [-0.15, -0.1) is 0 Å². The smallest absolute Gasteiger partial charge is 0.235 e. The third-order valence-electron chi connectivity index (χ3n) is 4.59. The lowest BCUT2D eigenvalue weighted by molar-refractivity contribution is -0.129. The van der Waals surface area contributed by atoms with Crippen molar-refractivity contribution in [2.75, 3.05) is 13.1 Å². The van der Waals surface area contributed by atoms with Crippen LogP contribution in [0.25, 0.3) is 16.7 Å². The van der Waals surface area contributed by atoms with Gasteiger partial charge in [0.15, 0.2) is 5.16 Å². The van der Waals surface area contributed by atoms with Crippen molar-refractivity contribution in [2.45, 2.75) is 30.2 Å². The van der Waals surface area contributed by atoms with Crippen molar-refractivity contribution in [3.8, 4) is 5.69 Å². The minimum absolute atomic E-state index is 0.141. The lowest BCUT2D eigenvalue weighted by Crippen LogP contribution is -2.34. The summed E-state index contributed by atoms with van der Waals surface area (Å²) < 4.78 is 2.15.